The van der Waals surface area contributed by atoms with Gasteiger partial charge in [-0.3, -0.25) is 19.5 Å². The third kappa shape index (κ3) is 4.43. The molecule has 1 aliphatic heterocycles. The van der Waals surface area contributed by atoms with Crippen molar-refractivity contribution in [1.29, 1.82) is 0 Å². The Balaban J connectivity index is 1.88. The Morgan fingerprint density at radius 2 is 1.71 bits per heavy atom. The van der Waals surface area contributed by atoms with Crippen molar-refractivity contribution in [3.63, 3.8) is 0 Å². The molecular formula is C26H21ClN2O5. The largest absolute Gasteiger partial charge is 0.507 e. The molecule has 7 nitrogen and oxygen atoms in total. The van der Waals surface area contributed by atoms with Crippen LogP contribution in [0, 0.1) is 0 Å². The van der Waals surface area contributed by atoms with Gasteiger partial charge in [0.15, 0.2) is 0 Å². The highest BCUT2D eigenvalue weighted by atomic mass is 35.5. The fourth-order valence-electron chi connectivity index (χ4n) is 3.82. The first kappa shape index (κ1) is 23.2. The number of pyridine rings is 1. The number of halogens is 1. The minimum atomic E-state index is -0.946. The molecule has 1 unspecified atom stereocenters. The number of aliphatic hydroxyl groups excluding tert-OH is 1. The Morgan fingerprint density at radius 3 is 2.38 bits per heavy atom. The van der Waals surface area contributed by atoms with Crippen LogP contribution in [0.2, 0.25) is 5.02 Å². The fourth-order valence-corrected chi connectivity index (χ4v) is 4.01. The quantitative estimate of drug-likeness (QED) is 0.243. The van der Waals surface area contributed by atoms with Gasteiger partial charge in [0.1, 0.15) is 5.76 Å². The first-order chi connectivity index (χ1) is 16.3. The molecule has 1 atom stereocenters. The summed E-state index contributed by atoms with van der Waals surface area (Å²) in [6, 6.07) is 15.0. The SMILES string of the molecule is CC(C)OC(=O)c1cccc(N2C(=O)C(=O)/C(=C(/O)c3cccc(Cl)c3)C2c2ccncc2)c1. The number of ketones is 1. The molecule has 1 aliphatic rings. The van der Waals surface area contributed by atoms with Crippen molar-refractivity contribution in [3.05, 3.63) is 100 Å². The lowest BCUT2D eigenvalue weighted by molar-refractivity contribution is -0.132. The van der Waals surface area contributed by atoms with Crippen molar-refractivity contribution in [2.75, 3.05) is 4.90 Å². The molecule has 1 amide bonds. The van der Waals surface area contributed by atoms with Gasteiger partial charge in [-0.2, -0.15) is 0 Å². The van der Waals surface area contributed by atoms with E-state index in [1.807, 2.05) is 0 Å². The van der Waals surface area contributed by atoms with Gasteiger partial charge in [0.05, 0.1) is 23.3 Å². The van der Waals surface area contributed by atoms with Crippen LogP contribution in [0.4, 0.5) is 5.69 Å². The number of nitrogens with zero attached hydrogens (tertiary/aromatic N) is 2. The summed E-state index contributed by atoms with van der Waals surface area (Å²) in [5.74, 6) is -2.58. The molecule has 0 radical (unpaired) electrons. The second-order valence-electron chi connectivity index (χ2n) is 7.96. The van der Waals surface area contributed by atoms with Gasteiger partial charge in [0.25, 0.3) is 11.7 Å². The van der Waals surface area contributed by atoms with Crippen LogP contribution >= 0.6 is 11.6 Å². The monoisotopic (exact) mass is 476 g/mol. The van der Waals surface area contributed by atoms with Crippen molar-refractivity contribution < 1.29 is 24.2 Å². The molecule has 172 valence electrons. The maximum absolute atomic E-state index is 13.2. The summed E-state index contributed by atoms with van der Waals surface area (Å²) in [4.78, 5) is 44.1. The number of aliphatic hydroxyl groups is 1. The standard InChI is InChI=1S/C26H21ClN2O5/c1-15(2)34-26(33)18-6-4-8-20(14-18)29-22(16-9-11-28-12-10-16)21(24(31)25(29)32)23(30)17-5-3-7-19(27)13-17/h3-15,22,30H,1-2H3/b23-21+. The van der Waals surface area contributed by atoms with Crippen molar-refractivity contribution in [2.24, 2.45) is 0 Å². The number of Topliss-reactive ketones (excluding diaryl/α,β-unsaturated/α-hetero) is 1. The lowest BCUT2D eigenvalue weighted by atomic mass is 9.95. The number of carbonyl (C=O) groups excluding carboxylic acids is 3. The molecule has 0 aliphatic carbocycles. The summed E-state index contributed by atoms with van der Waals surface area (Å²) >= 11 is 6.07. The molecule has 8 heteroatoms. The van der Waals surface area contributed by atoms with Gasteiger partial charge in [-0.25, -0.2) is 4.79 Å². The first-order valence-electron chi connectivity index (χ1n) is 10.6. The van der Waals surface area contributed by atoms with E-state index in [0.717, 1.165) is 0 Å². The Kier molecular flexibility index (Phi) is 6.47. The van der Waals surface area contributed by atoms with Crippen LogP contribution < -0.4 is 4.90 Å². The van der Waals surface area contributed by atoms with Gasteiger partial charge < -0.3 is 9.84 Å². The Bertz CT molecular complexity index is 1300. The summed E-state index contributed by atoms with van der Waals surface area (Å²) in [6.45, 7) is 3.47. The number of ether oxygens (including phenoxy) is 1. The normalized spacial score (nSPS) is 17.3. The number of rotatable bonds is 5. The lowest BCUT2D eigenvalue weighted by Crippen LogP contribution is -2.29. The number of anilines is 1. The molecule has 4 rings (SSSR count). The zero-order chi connectivity index (χ0) is 24.4. The average Bonchev–Trinajstić information content (AvgIpc) is 3.09. The van der Waals surface area contributed by atoms with E-state index in [-0.39, 0.29) is 23.0 Å². The summed E-state index contributed by atoms with van der Waals surface area (Å²) in [5.41, 5.74) is 1.32. The number of benzene rings is 2. The number of hydrogen-bond acceptors (Lipinski definition) is 6. The van der Waals surface area contributed by atoms with Crippen molar-refractivity contribution in [2.45, 2.75) is 26.0 Å². The average molecular weight is 477 g/mol. The van der Waals surface area contributed by atoms with Gasteiger partial charge in [0.2, 0.25) is 0 Å². The molecular weight excluding hydrogens is 456 g/mol. The van der Waals surface area contributed by atoms with Crippen molar-refractivity contribution >= 4 is 40.7 Å². The van der Waals surface area contributed by atoms with E-state index in [1.54, 1.807) is 62.4 Å². The molecule has 1 saturated heterocycles. The molecule has 0 saturated carbocycles. The molecule has 1 N–H and O–H groups in total. The van der Waals surface area contributed by atoms with E-state index >= 15 is 0 Å². The molecule has 0 spiro atoms. The van der Waals surface area contributed by atoms with Gasteiger partial charge in [-0.1, -0.05) is 29.8 Å². The van der Waals surface area contributed by atoms with Crippen LogP contribution in [-0.2, 0) is 14.3 Å². The van der Waals surface area contributed by atoms with Crippen LogP contribution in [0.15, 0.2) is 78.6 Å². The molecule has 2 heterocycles. The highest BCUT2D eigenvalue weighted by molar-refractivity contribution is 6.51. The van der Waals surface area contributed by atoms with Gasteiger partial charge in [-0.05, 0) is 61.9 Å². The predicted octanol–water partition coefficient (Wildman–Crippen LogP) is 4.93. The number of amides is 1. The maximum atomic E-state index is 13.2. The van der Waals surface area contributed by atoms with Crippen LogP contribution in [0.25, 0.3) is 5.76 Å². The number of carbonyl (C=O) groups is 3. The minimum Gasteiger partial charge on any atom is -0.507 e. The van der Waals surface area contributed by atoms with E-state index in [2.05, 4.69) is 4.98 Å². The lowest BCUT2D eigenvalue weighted by Gasteiger charge is -2.25. The third-order valence-electron chi connectivity index (χ3n) is 5.27. The third-order valence-corrected chi connectivity index (χ3v) is 5.50. The second kappa shape index (κ2) is 9.49. The molecule has 1 aromatic heterocycles. The summed E-state index contributed by atoms with van der Waals surface area (Å²) in [7, 11) is 0. The predicted molar refractivity (Wildman–Crippen MR) is 127 cm³/mol. The van der Waals surface area contributed by atoms with Crippen LogP contribution in [0.3, 0.4) is 0 Å². The Morgan fingerprint density at radius 1 is 1.03 bits per heavy atom. The molecule has 3 aromatic rings. The fraction of sp³-hybridized carbons (Fsp3) is 0.154. The first-order valence-corrected chi connectivity index (χ1v) is 10.9. The van der Waals surface area contributed by atoms with E-state index in [4.69, 9.17) is 16.3 Å². The Labute approximate surface area is 201 Å². The zero-order valence-electron chi connectivity index (χ0n) is 18.4. The number of hydrogen-bond donors (Lipinski definition) is 1. The summed E-state index contributed by atoms with van der Waals surface area (Å²) < 4.78 is 5.26. The van der Waals surface area contributed by atoms with Crippen LogP contribution in [0.5, 0.6) is 0 Å². The summed E-state index contributed by atoms with van der Waals surface area (Å²) in [5, 5.41) is 11.5. The van der Waals surface area contributed by atoms with Gasteiger partial charge in [0, 0.05) is 28.7 Å². The van der Waals surface area contributed by atoms with Crippen LogP contribution in [0.1, 0.15) is 41.4 Å². The van der Waals surface area contributed by atoms with E-state index in [1.165, 1.54) is 29.4 Å². The van der Waals surface area contributed by atoms with Crippen LogP contribution in [-0.4, -0.2) is 33.9 Å². The second-order valence-corrected chi connectivity index (χ2v) is 8.40. The van der Waals surface area contributed by atoms with Crippen molar-refractivity contribution in [1.82, 2.24) is 4.98 Å². The van der Waals surface area contributed by atoms with Gasteiger partial charge >= 0.3 is 5.97 Å². The highest BCUT2D eigenvalue weighted by Gasteiger charge is 2.47. The molecule has 2 aromatic carbocycles. The maximum Gasteiger partial charge on any atom is 0.338 e. The molecule has 0 bridgehead atoms. The topological polar surface area (TPSA) is 96.8 Å². The van der Waals surface area contributed by atoms with Crippen molar-refractivity contribution in [3.8, 4) is 0 Å². The molecule has 34 heavy (non-hydrogen) atoms. The van der Waals surface area contributed by atoms with E-state index in [9.17, 15) is 19.5 Å². The molecule has 1 fully saturated rings. The van der Waals surface area contributed by atoms with E-state index < -0.39 is 23.7 Å². The number of esters is 1. The minimum absolute atomic E-state index is 0.0892. The Hall–Kier alpha value is -3.97. The van der Waals surface area contributed by atoms with Gasteiger partial charge in [-0.15, -0.1) is 0 Å². The summed E-state index contributed by atoms with van der Waals surface area (Å²) in [6.07, 6.45) is 2.75. The highest BCUT2D eigenvalue weighted by Crippen LogP contribution is 2.42. The smallest absolute Gasteiger partial charge is 0.338 e. The number of aromatic nitrogens is 1. The van der Waals surface area contributed by atoms with E-state index in [0.29, 0.717) is 21.8 Å². The zero-order valence-corrected chi connectivity index (χ0v) is 19.2.